The first kappa shape index (κ1) is 27.6. The molecule has 0 bridgehead atoms. The first-order chi connectivity index (χ1) is 15.3. The SMILES string of the molecule is FC(F)(F)C(F)(F)C(F)(F)C(F)(F)C(F)(F)C(F)(F)CCOc1ccccc1-c1ccccc1. The van der Waals surface area contributed by atoms with E-state index >= 15 is 0 Å². The number of benzene rings is 2. The van der Waals surface area contributed by atoms with Crippen molar-refractivity contribution in [3.8, 4) is 16.9 Å². The van der Waals surface area contributed by atoms with Gasteiger partial charge in [-0.2, -0.15) is 57.1 Å². The highest BCUT2D eigenvalue weighted by Gasteiger charge is 2.90. The van der Waals surface area contributed by atoms with Gasteiger partial charge in [-0.15, -0.1) is 0 Å². The van der Waals surface area contributed by atoms with Gasteiger partial charge in [-0.05, 0) is 11.6 Å². The molecule has 2 aromatic rings. The second-order valence-corrected chi connectivity index (χ2v) is 6.96. The maximum atomic E-state index is 13.9. The number of hydrogen-bond donors (Lipinski definition) is 0. The Bertz CT molecular complexity index is 968. The molecule has 0 amide bonds. The Kier molecular flexibility index (Phi) is 7.17. The number of hydrogen-bond acceptors (Lipinski definition) is 1. The zero-order valence-corrected chi connectivity index (χ0v) is 16.4. The Balaban J connectivity index is 2.26. The molecule has 1 nitrogen and oxygen atoms in total. The summed E-state index contributed by atoms with van der Waals surface area (Å²) in [5.74, 6) is -37.2. The molecule has 0 unspecified atom stereocenters. The fraction of sp³-hybridized carbons (Fsp3) is 0.400. The molecule has 0 spiro atoms. The van der Waals surface area contributed by atoms with Crippen molar-refractivity contribution in [2.75, 3.05) is 6.61 Å². The molecule has 34 heavy (non-hydrogen) atoms. The zero-order valence-electron chi connectivity index (χ0n) is 16.4. The second-order valence-electron chi connectivity index (χ2n) is 6.96. The molecule has 2 rings (SSSR count). The third-order valence-electron chi connectivity index (χ3n) is 4.64. The van der Waals surface area contributed by atoms with Gasteiger partial charge in [0.15, 0.2) is 0 Å². The molecule has 0 aliphatic heterocycles. The van der Waals surface area contributed by atoms with Crippen molar-refractivity contribution in [1.29, 1.82) is 0 Å². The third kappa shape index (κ3) is 4.50. The summed E-state index contributed by atoms with van der Waals surface area (Å²) in [5, 5.41) is 0. The molecular weight excluding hydrogens is 503 g/mol. The number of rotatable bonds is 9. The number of ether oxygens (including phenoxy) is 1. The fourth-order valence-corrected chi connectivity index (χ4v) is 2.70. The highest BCUT2D eigenvalue weighted by molar-refractivity contribution is 5.70. The van der Waals surface area contributed by atoms with Crippen LogP contribution in [-0.2, 0) is 0 Å². The van der Waals surface area contributed by atoms with Gasteiger partial charge >= 0.3 is 35.8 Å². The van der Waals surface area contributed by atoms with Crippen molar-refractivity contribution >= 4 is 0 Å². The van der Waals surface area contributed by atoms with Crippen molar-refractivity contribution in [3.63, 3.8) is 0 Å². The maximum Gasteiger partial charge on any atom is 0.460 e. The maximum absolute atomic E-state index is 13.9. The Labute approximate surface area is 183 Å². The Morgan fingerprint density at radius 3 is 1.53 bits per heavy atom. The van der Waals surface area contributed by atoms with Crippen LogP contribution < -0.4 is 4.74 Å². The molecule has 0 atom stereocenters. The first-order valence-corrected chi connectivity index (χ1v) is 9.04. The Morgan fingerprint density at radius 1 is 0.529 bits per heavy atom. The predicted molar refractivity (Wildman–Crippen MR) is 92.8 cm³/mol. The molecule has 0 fully saturated rings. The van der Waals surface area contributed by atoms with E-state index in [1.165, 1.54) is 36.4 Å². The van der Waals surface area contributed by atoms with Gasteiger partial charge in [-0.3, -0.25) is 0 Å². The lowest BCUT2D eigenvalue weighted by molar-refractivity contribution is -0.440. The van der Waals surface area contributed by atoms with E-state index in [2.05, 4.69) is 0 Å². The smallest absolute Gasteiger partial charge is 0.460 e. The second kappa shape index (κ2) is 8.84. The fourth-order valence-electron chi connectivity index (χ4n) is 2.70. The van der Waals surface area contributed by atoms with Gasteiger partial charge in [0.1, 0.15) is 5.75 Å². The average Bonchev–Trinajstić information content (AvgIpc) is 2.73. The average molecular weight is 516 g/mol. The van der Waals surface area contributed by atoms with Gasteiger partial charge in [0, 0.05) is 5.56 Å². The normalized spacial score (nSPS) is 14.3. The van der Waals surface area contributed by atoms with Gasteiger partial charge in [-0.25, -0.2) is 0 Å². The van der Waals surface area contributed by atoms with Crippen LogP contribution in [0.2, 0.25) is 0 Å². The molecule has 190 valence electrons. The summed E-state index contributed by atoms with van der Waals surface area (Å²) in [4.78, 5) is 0. The van der Waals surface area contributed by atoms with Gasteiger partial charge in [0.25, 0.3) is 0 Å². The van der Waals surface area contributed by atoms with Gasteiger partial charge in [-0.1, -0.05) is 48.5 Å². The quantitative estimate of drug-likeness (QED) is 0.309. The molecule has 0 N–H and O–H groups in total. The summed E-state index contributed by atoms with van der Waals surface area (Å²) in [5.41, 5.74) is 0.690. The highest BCUT2D eigenvalue weighted by Crippen LogP contribution is 2.60. The monoisotopic (exact) mass is 516 g/mol. The summed E-state index contributed by atoms with van der Waals surface area (Å²) in [6.07, 6.45) is -9.86. The van der Waals surface area contributed by atoms with E-state index in [0.717, 1.165) is 0 Å². The minimum Gasteiger partial charge on any atom is -0.493 e. The van der Waals surface area contributed by atoms with E-state index in [-0.39, 0.29) is 11.3 Å². The van der Waals surface area contributed by atoms with Crippen molar-refractivity contribution in [1.82, 2.24) is 0 Å². The number of para-hydroxylation sites is 1. The molecule has 2 aromatic carbocycles. The van der Waals surface area contributed by atoms with E-state index in [9.17, 15) is 57.1 Å². The van der Waals surface area contributed by atoms with Gasteiger partial charge in [0.2, 0.25) is 0 Å². The van der Waals surface area contributed by atoms with Crippen LogP contribution in [0.3, 0.4) is 0 Å². The Hall–Kier alpha value is -2.67. The predicted octanol–water partition coefficient (Wildman–Crippen LogP) is 7.86. The Morgan fingerprint density at radius 2 is 1.00 bits per heavy atom. The summed E-state index contributed by atoms with van der Waals surface area (Å²) >= 11 is 0. The van der Waals surface area contributed by atoms with E-state index in [4.69, 9.17) is 4.74 Å². The van der Waals surface area contributed by atoms with Crippen molar-refractivity contribution < 1.29 is 61.8 Å². The van der Waals surface area contributed by atoms with Crippen LogP contribution in [0.25, 0.3) is 11.1 Å². The van der Waals surface area contributed by atoms with E-state index in [1.54, 1.807) is 18.2 Å². The summed E-state index contributed by atoms with van der Waals surface area (Å²) in [6.45, 7) is -1.51. The summed E-state index contributed by atoms with van der Waals surface area (Å²) in [7, 11) is 0. The van der Waals surface area contributed by atoms with Crippen LogP contribution in [0.4, 0.5) is 57.1 Å². The van der Waals surface area contributed by atoms with Crippen molar-refractivity contribution in [3.05, 3.63) is 54.6 Å². The minimum absolute atomic E-state index is 0.214. The molecule has 0 aromatic heterocycles. The van der Waals surface area contributed by atoms with Crippen LogP contribution in [0.1, 0.15) is 6.42 Å². The molecule has 14 heteroatoms. The van der Waals surface area contributed by atoms with Crippen molar-refractivity contribution in [2.24, 2.45) is 0 Å². The van der Waals surface area contributed by atoms with Crippen LogP contribution in [0.15, 0.2) is 54.6 Å². The van der Waals surface area contributed by atoms with E-state index < -0.39 is 48.8 Å². The molecule has 0 saturated heterocycles. The topological polar surface area (TPSA) is 9.23 Å². The summed E-state index contributed by atoms with van der Waals surface area (Å²) in [6, 6.07) is 13.2. The highest BCUT2D eigenvalue weighted by atomic mass is 19.4. The minimum atomic E-state index is -7.91. The number of halogens is 13. The van der Waals surface area contributed by atoms with Crippen LogP contribution in [0, 0.1) is 0 Å². The van der Waals surface area contributed by atoms with Gasteiger partial charge < -0.3 is 4.74 Å². The lowest BCUT2D eigenvalue weighted by Crippen LogP contribution is -2.70. The van der Waals surface area contributed by atoms with Crippen LogP contribution >= 0.6 is 0 Å². The van der Waals surface area contributed by atoms with Gasteiger partial charge in [0.05, 0.1) is 13.0 Å². The number of alkyl halides is 13. The summed E-state index contributed by atoms with van der Waals surface area (Å²) < 4.78 is 176. The molecule has 0 aliphatic rings. The van der Waals surface area contributed by atoms with Crippen LogP contribution in [0.5, 0.6) is 5.75 Å². The lowest BCUT2D eigenvalue weighted by Gasteiger charge is -2.39. The molecule has 0 heterocycles. The van der Waals surface area contributed by atoms with Crippen LogP contribution in [-0.4, -0.2) is 42.4 Å². The molecular formula is C20H13F13O. The molecule has 0 saturated carbocycles. The largest absolute Gasteiger partial charge is 0.493 e. The molecule has 0 aliphatic carbocycles. The lowest BCUT2D eigenvalue weighted by atomic mass is 9.93. The first-order valence-electron chi connectivity index (χ1n) is 9.04. The van der Waals surface area contributed by atoms with Crippen molar-refractivity contribution in [2.45, 2.75) is 42.2 Å². The standard InChI is InChI=1S/C20H13F13O/c21-15(22,16(23,24)17(25,26)18(27,28)19(29,30)20(31,32)33)10-11-34-14-9-5-4-8-13(14)12-6-2-1-3-7-12/h1-9H,10-11H2. The molecule has 0 radical (unpaired) electrons. The van der Waals surface area contributed by atoms with E-state index in [1.807, 2.05) is 0 Å². The van der Waals surface area contributed by atoms with E-state index in [0.29, 0.717) is 5.56 Å². The third-order valence-corrected chi connectivity index (χ3v) is 4.64. The zero-order chi connectivity index (χ0) is 26.2.